The molecule has 0 heterocycles. The van der Waals surface area contributed by atoms with Gasteiger partial charge in [0.15, 0.2) is 0 Å². The molecule has 0 aromatic heterocycles. The van der Waals surface area contributed by atoms with E-state index in [4.69, 9.17) is 0 Å². The zero-order chi connectivity index (χ0) is 13.9. The maximum absolute atomic E-state index is 12.2. The first-order valence-electron chi connectivity index (χ1n) is 5.61. The molecule has 0 saturated carbocycles. The number of nitro benzene ring substituents is 1. The van der Waals surface area contributed by atoms with E-state index in [9.17, 15) is 14.9 Å². The first-order chi connectivity index (χ1) is 8.38. The second-order valence-corrected chi connectivity index (χ2v) is 4.25. The van der Waals surface area contributed by atoms with Crippen molar-refractivity contribution >= 4 is 17.3 Å². The lowest BCUT2D eigenvalue weighted by Gasteiger charge is -2.22. The van der Waals surface area contributed by atoms with Gasteiger partial charge in [0.25, 0.3) is 11.6 Å². The highest BCUT2D eigenvalue weighted by atomic mass is 16.6. The van der Waals surface area contributed by atoms with Crippen LogP contribution in [0.5, 0.6) is 0 Å². The van der Waals surface area contributed by atoms with E-state index in [0.717, 1.165) is 0 Å². The molecule has 0 aliphatic carbocycles. The van der Waals surface area contributed by atoms with Gasteiger partial charge in [0, 0.05) is 38.0 Å². The molecule has 0 saturated heterocycles. The molecule has 1 aromatic rings. The number of carbonyl (C=O) groups excluding carboxylic acids is 1. The molecule has 0 bridgehead atoms. The van der Waals surface area contributed by atoms with Crippen LogP contribution in [-0.4, -0.2) is 35.9 Å². The number of nitrogens with zero attached hydrogens (tertiary/aromatic N) is 2. The first kappa shape index (κ1) is 14.0. The summed E-state index contributed by atoms with van der Waals surface area (Å²) >= 11 is 0. The third-order valence-electron chi connectivity index (χ3n) is 2.81. The van der Waals surface area contributed by atoms with E-state index in [1.165, 1.54) is 12.1 Å². The maximum atomic E-state index is 12.2. The average Bonchev–Trinajstić information content (AvgIpc) is 2.35. The Morgan fingerprint density at radius 2 is 2.06 bits per heavy atom. The SMILES string of the molecule is CNc1ccc([N+](=O)[O-])cc1C(=O)N(C)C(C)C. The number of anilines is 1. The first-order valence-corrected chi connectivity index (χ1v) is 5.61. The van der Waals surface area contributed by atoms with Gasteiger partial charge in [0.1, 0.15) is 0 Å². The summed E-state index contributed by atoms with van der Waals surface area (Å²) in [5, 5.41) is 13.6. The molecule has 6 heteroatoms. The minimum absolute atomic E-state index is 0.0291. The number of amides is 1. The van der Waals surface area contributed by atoms with Crippen LogP contribution >= 0.6 is 0 Å². The number of hydrogen-bond acceptors (Lipinski definition) is 4. The number of benzene rings is 1. The molecule has 0 fully saturated rings. The van der Waals surface area contributed by atoms with Crippen LogP contribution in [0.4, 0.5) is 11.4 Å². The number of carbonyl (C=O) groups is 1. The van der Waals surface area contributed by atoms with Gasteiger partial charge in [0.05, 0.1) is 10.5 Å². The summed E-state index contributed by atoms with van der Waals surface area (Å²) in [5.74, 6) is -0.238. The van der Waals surface area contributed by atoms with Gasteiger partial charge in [-0.1, -0.05) is 0 Å². The summed E-state index contributed by atoms with van der Waals surface area (Å²) in [7, 11) is 3.35. The van der Waals surface area contributed by atoms with Crippen molar-refractivity contribution in [3.63, 3.8) is 0 Å². The zero-order valence-corrected chi connectivity index (χ0v) is 10.9. The smallest absolute Gasteiger partial charge is 0.270 e. The van der Waals surface area contributed by atoms with Gasteiger partial charge in [-0.15, -0.1) is 0 Å². The number of non-ortho nitro benzene ring substituents is 1. The fraction of sp³-hybridized carbons (Fsp3) is 0.417. The molecular formula is C12H17N3O3. The molecule has 0 unspecified atom stereocenters. The van der Waals surface area contributed by atoms with Crippen molar-refractivity contribution in [2.24, 2.45) is 0 Å². The highest BCUT2D eigenvalue weighted by Crippen LogP contribution is 2.23. The summed E-state index contributed by atoms with van der Waals surface area (Å²) in [6.07, 6.45) is 0. The minimum Gasteiger partial charge on any atom is -0.387 e. The number of hydrogen-bond donors (Lipinski definition) is 1. The average molecular weight is 251 g/mol. The van der Waals surface area contributed by atoms with Gasteiger partial charge >= 0.3 is 0 Å². The van der Waals surface area contributed by atoms with Gasteiger partial charge in [-0.2, -0.15) is 0 Å². The van der Waals surface area contributed by atoms with E-state index in [1.807, 2.05) is 13.8 Å². The molecule has 0 aliphatic heterocycles. The molecule has 0 radical (unpaired) electrons. The van der Waals surface area contributed by atoms with Crippen molar-refractivity contribution in [3.05, 3.63) is 33.9 Å². The van der Waals surface area contributed by atoms with E-state index in [1.54, 1.807) is 25.1 Å². The molecule has 1 amide bonds. The number of nitro groups is 1. The fourth-order valence-corrected chi connectivity index (χ4v) is 1.47. The van der Waals surface area contributed by atoms with Crippen LogP contribution in [0.3, 0.4) is 0 Å². The van der Waals surface area contributed by atoms with Crippen molar-refractivity contribution < 1.29 is 9.72 Å². The molecule has 6 nitrogen and oxygen atoms in total. The second kappa shape index (κ2) is 5.48. The molecule has 0 aliphatic rings. The second-order valence-electron chi connectivity index (χ2n) is 4.25. The van der Waals surface area contributed by atoms with Crippen LogP contribution in [-0.2, 0) is 0 Å². The van der Waals surface area contributed by atoms with Crippen LogP contribution in [0.2, 0.25) is 0 Å². The molecule has 0 spiro atoms. The highest BCUT2D eigenvalue weighted by Gasteiger charge is 2.20. The lowest BCUT2D eigenvalue weighted by molar-refractivity contribution is -0.384. The molecule has 1 aromatic carbocycles. The molecular weight excluding hydrogens is 234 g/mol. The predicted molar refractivity (Wildman–Crippen MR) is 69.9 cm³/mol. The topological polar surface area (TPSA) is 75.5 Å². The van der Waals surface area contributed by atoms with Gasteiger partial charge in [0.2, 0.25) is 0 Å². The molecule has 1 N–H and O–H groups in total. The summed E-state index contributed by atoms with van der Waals surface area (Å²) in [4.78, 5) is 24.0. The van der Waals surface area contributed by atoms with Crippen LogP contribution in [0.25, 0.3) is 0 Å². The van der Waals surface area contributed by atoms with Crippen molar-refractivity contribution in [1.29, 1.82) is 0 Å². The van der Waals surface area contributed by atoms with Crippen LogP contribution in [0, 0.1) is 10.1 Å². The van der Waals surface area contributed by atoms with E-state index >= 15 is 0 Å². The van der Waals surface area contributed by atoms with Gasteiger partial charge in [-0.05, 0) is 19.9 Å². The van der Waals surface area contributed by atoms with Crippen LogP contribution < -0.4 is 5.32 Å². The van der Waals surface area contributed by atoms with Crippen molar-refractivity contribution in [2.45, 2.75) is 19.9 Å². The Kier molecular flexibility index (Phi) is 4.25. The Morgan fingerprint density at radius 3 is 2.50 bits per heavy atom. The predicted octanol–water partition coefficient (Wildman–Crippen LogP) is 2.12. The monoisotopic (exact) mass is 251 g/mol. The van der Waals surface area contributed by atoms with E-state index in [-0.39, 0.29) is 17.6 Å². The third-order valence-corrected chi connectivity index (χ3v) is 2.81. The molecule has 18 heavy (non-hydrogen) atoms. The fourth-order valence-electron chi connectivity index (χ4n) is 1.47. The Morgan fingerprint density at radius 1 is 1.44 bits per heavy atom. The van der Waals surface area contributed by atoms with Crippen molar-refractivity contribution in [1.82, 2.24) is 4.90 Å². The minimum atomic E-state index is -0.508. The maximum Gasteiger partial charge on any atom is 0.270 e. The highest BCUT2D eigenvalue weighted by molar-refractivity contribution is 6.00. The normalized spacial score (nSPS) is 10.3. The molecule has 0 atom stereocenters. The van der Waals surface area contributed by atoms with Gasteiger partial charge < -0.3 is 10.2 Å². The Hall–Kier alpha value is -2.11. The van der Waals surface area contributed by atoms with Crippen LogP contribution in [0.15, 0.2) is 18.2 Å². The van der Waals surface area contributed by atoms with E-state index in [0.29, 0.717) is 11.3 Å². The summed E-state index contributed by atoms with van der Waals surface area (Å²) in [6.45, 7) is 3.77. The third kappa shape index (κ3) is 2.77. The van der Waals surface area contributed by atoms with E-state index < -0.39 is 4.92 Å². The molecule has 98 valence electrons. The largest absolute Gasteiger partial charge is 0.387 e. The lowest BCUT2D eigenvalue weighted by Crippen LogP contribution is -2.33. The van der Waals surface area contributed by atoms with Crippen molar-refractivity contribution in [2.75, 3.05) is 19.4 Å². The standard InChI is InChI=1S/C12H17N3O3/c1-8(2)14(4)12(16)10-7-9(15(17)18)5-6-11(10)13-3/h5-8,13H,1-4H3. The van der Waals surface area contributed by atoms with Gasteiger partial charge in [-0.25, -0.2) is 0 Å². The van der Waals surface area contributed by atoms with E-state index in [2.05, 4.69) is 5.32 Å². The summed E-state index contributed by atoms with van der Waals surface area (Å²) in [5.41, 5.74) is 0.801. The molecule has 1 rings (SSSR count). The Bertz CT molecular complexity index is 472. The number of rotatable bonds is 4. The van der Waals surface area contributed by atoms with Gasteiger partial charge in [-0.3, -0.25) is 14.9 Å². The van der Waals surface area contributed by atoms with Crippen molar-refractivity contribution in [3.8, 4) is 0 Å². The number of nitrogens with one attached hydrogen (secondary N) is 1. The zero-order valence-electron chi connectivity index (χ0n) is 10.9. The Labute approximate surface area is 106 Å². The summed E-state index contributed by atoms with van der Waals surface area (Å²) in [6, 6.07) is 4.24. The summed E-state index contributed by atoms with van der Waals surface area (Å²) < 4.78 is 0. The van der Waals surface area contributed by atoms with Crippen LogP contribution in [0.1, 0.15) is 24.2 Å². The lowest BCUT2D eigenvalue weighted by atomic mass is 10.1. The quantitative estimate of drug-likeness (QED) is 0.657. The Balaban J connectivity index is 3.23.